The average Bonchev–Trinajstić information content (AvgIpc) is 2.79. The number of halogens is 1. The van der Waals surface area contributed by atoms with Gasteiger partial charge in [0.1, 0.15) is 17.3 Å². The van der Waals surface area contributed by atoms with Gasteiger partial charge in [-0.05, 0) is 6.07 Å². The molecule has 2 heterocycles. The molecular formula is C10H10ClN5O. The van der Waals surface area contributed by atoms with Gasteiger partial charge in [0.25, 0.3) is 0 Å². The maximum absolute atomic E-state index is 11.6. The molecule has 0 saturated heterocycles. The van der Waals surface area contributed by atoms with Crippen LogP contribution in [0.3, 0.4) is 0 Å². The van der Waals surface area contributed by atoms with Crippen molar-refractivity contribution < 1.29 is 4.79 Å². The third-order valence-corrected chi connectivity index (χ3v) is 2.24. The molecule has 0 aliphatic carbocycles. The van der Waals surface area contributed by atoms with Gasteiger partial charge >= 0.3 is 0 Å². The summed E-state index contributed by atoms with van der Waals surface area (Å²) in [5, 5.41) is 6.92. The number of hydrogen-bond donors (Lipinski definition) is 1. The Balaban J connectivity index is 1.85. The fourth-order valence-corrected chi connectivity index (χ4v) is 1.40. The highest BCUT2D eigenvalue weighted by molar-refractivity contribution is 6.29. The maximum Gasteiger partial charge on any atom is 0.227 e. The van der Waals surface area contributed by atoms with E-state index in [1.165, 1.54) is 12.4 Å². The van der Waals surface area contributed by atoms with Gasteiger partial charge in [0, 0.05) is 31.4 Å². The molecule has 7 heteroatoms. The number of hydrogen-bond acceptors (Lipinski definition) is 4. The summed E-state index contributed by atoms with van der Waals surface area (Å²) < 4.78 is 1.69. The van der Waals surface area contributed by atoms with Gasteiger partial charge in [0.15, 0.2) is 0 Å². The highest BCUT2D eigenvalue weighted by Gasteiger charge is 2.04. The quantitative estimate of drug-likeness (QED) is 0.833. The van der Waals surface area contributed by atoms with Crippen molar-refractivity contribution in [2.45, 2.75) is 13.0 Å². The predicted octanol–water partition coefficient (Wildman–Crippen LogP) is 1.36. The van der Waals surface area contributed by atoms with Crippen LogP contribution in [-0.2, 0) is 11.3 Å². The SMILES string of the molecule is O=C(CCn1cccn1)Nc1cc(Cl)ncn1. The van der Waals surface area contributed by atoms with Crippen molar-refractivity contribution in [2.75, 3.05) is 5.32 Å². The van der Waals surface area contributed by atoms with Gasteiger partial charge in [0.2, 0.25) is 5.91 Å². The van der Waals surface area contributed by atoms with Crippen LogP contribution >= 0.6 is 11.6 Å². The van der Waals surface area contributed by atoms with E-state index in [1.54, 1.807) is 17.1 Å². The molecule has 0 unspecified atom stereocenters. The highest BCUT2D eigenvalue weighted by Crippen LogP contribution is 2.08. The van der Waals surface area contributed by atoms with Crippen LogP contribution in [0.15, 0.2) is 30.9 Å². The lowest BCUT2D eigenvalue weighted by Crippen LogP contribution is -2.15. The van der Waals surface area contributed by atoms with Crippen molar-refractivity contribution in [1.29, 1.82) is 0 Å². The Morgan fingerprint density at radius 3 is 3.06 bits per heavy atom. The zero-order valence-electron chi connectivity index (χ0n) is 8.88. The molecule has 0 fully saturated rings. The number of aryl methyl sites for hydroxylation is 1. The molecular weight excluding hydrogens is 242 g/mol. The Kier molecular flexibility index (Phi) is 3.66. The monoisotopic (exact) mass is 251 g/mol. The summed E-state index contributed by atoms with van der Waals surface area (Å²) in [7, 11) is 0. The first kappa shape index (κ1) is 11.5. The normalized spacial score (nSPS) is 10.2. The van der Waals surface area contributed by atoms with E-state index in [-0.39, 0.29) is 5.91 Å². The number of nitrogens with one attached hydrogen (secondary N) is 1. The molecule has 6 nitrogen and oxygen atoms in total. The second-order valence-electron chi connectivity index (χ2n) is 3.29. The number of amides is 1. The largest absolute Gasteiger partial charge is 0.311 e. The van der Waals surface area contributed by atoms with E-state index in [9.17, 15) is 4.79 Å². The molecule has 0 bridgehead atoms. The van der Waals surface area contributed by atoms with Crippen LogP contribution < -0.4 is 5.32 Å². The van der Waals surface area contributed by atoms with Gasteiger partial charge in [0.05, 0.1) is 0 Å². The van der Waals surface area contributed by atoms with E-state index < -0.39 is 0 Å². The Labute approximate surface area is 103 Å². The van der Waals surface area contributed by atoms with Gasteiger partial charge in [-0.25, -0.2) is 9.97 Å². The topological polar surface area (TPSA) is 72.7 Å². The molecule has 1 N–H and O–H groups in total. The summed E-state index contributed by atoms with van der Waals surface area (Å²) in [6.07, 6.45) is 5.09. The Bertz CT molecular complexity index is 499. The number of carbonyl (C=O) groups is 1. The molecule has 2 rings (SSSR count). The van der Waals surface area contributed by atoms with Crippen molar-refractivity contribution in [1.82, 2.24) is 19.7 Å². The first-order valence-electron chi connectivity index (χ1n) is 4.99. The molecule has 0 saturated carbocycles. The maximum atomic E-state index is 11.6. The van der Waals surface area contributed by atoms with Crippen LogP contribution in [-0.4, -0.2) is 25.7 Å². The van der Waals surface area contributed by atoms with Crippen LogP contribution in [0.2, 0.25) is 5.15 Å². The van der Waals surface area contributed by atoms with E-state index in [1.807, 2.05) is 6.07 Å². The number of rotatable bonds is 4. The minimum absolute atomic E-state index is 0.143. The number of carbonyl (C=O) groups excluding carboxylic acids is 1. The van der Waals surface area contributed by atoms with Gasteiger partial charge < -0.3 is 5.32 Å². The van der Waals surface area contributed by atoms with E-state index in [0.29, 0.717) is 23.9 Å². The van der Waals surface area contributed by atoms with Crippen LogP contribution in [0.1, 0.15) is 6.42 Å². The fourth-order valence-electron chi connectivity index (χ4n) is 1.26. The predicted molar refractivity (Wildman–Crippen MR) is 62.5 cm³/mol. The van der Waals surface area contributed by atoms with E-state index in [0.717, 1.165) is 0 Å². The second kappa shape index (κ2) is 5.40. The molecule has 0 aliphatic rings. The third-order valence-electron chi connectivity index (χ3n) is 2.03. The number of aromatic nitrogens is 4. The smallest absolute Gasteiger partial charge is 0.227 e. The summed E-state index contributed by atoms with van der Waals surface area (Å²) in [5.74, 6) is 0.255. The van der Waals surface area contributed by atoms with Crippen LogP contribution in [0, 0.1) is 0 Å². The second-order valence-corrected chi connectivity index (χ2v) is 3.68. The van der Waals surface area contributed by atoms with Gasteiger partial charge in [-0.15, -0.1) is 0 Å². The number of nitrogens with zero attached hydrogens (tertiary/aromatic N) is 4. The zero-order valence-corrected chi connectivity index (χ0v) is 9.63. The number of anilines is 1. The van der Waals surface area contributed by atoms with Gasteiger partial charge in [-0.1, -0.05) is 11.6 Å². The summed E-state index contributed by atoms with van der Waals surface area (Å²) in [4.78, 5) is 19.2. The zero-order chi connectivity index (χ0) is 12.1. The van der Waals surface area contributed by atoms with Crippen LogP contribution in [0.5, 0.6) is 0 Å². The molecule has 0 aliphatic heterocycles. The standard InChI is InChI=1S/C10H10ClN5O/c11-8-6-9(13-7-12-8)15-10(17)2-5-16-4-1-3-14-16/h1,3-4,6-7H,2,5H2,(H,12,13,15,17). The minimum atomic E-state index is -0.143. The molecule has 1 amide bonds. The van der Waals surface area contributed by atoms with Crippen molar-refractivity contribution >= 4 is 23.3 Å². The first-order chi connectivity index (χ1) is 8.24. The van der Waals surface area contributed by atoms with Crippen molar-refractivity contribution in [2.24, 2.45) is 0 Å². The van der Waals surface area contributed by atoms with E-state index >= 15 is 0 Å². The fraction of sp³-hybridized carbons (Fsp3) is 0.200. The molecule has 2 aromatic rings. The summed E-state index contributed by atoms with van der Waals surface area (Å²) >= 11 is 5.67. The third kappa shape index (κ3) is 3.53. The van der Waals surface area contributed by atoms with Gasteiger partial charge in [-0.3, -0.25) is 9.48 Å². The van der Waals surface area contributed by atoms with Crippen molar-refractivity contribution in [3.8, 4) is 0 Å². The Morgan fingerprint density at radius 2 is 2.35 bits per heavy atom. The van der Waals surface area contributed by atoms with E-state index in [4.69, 9.17) is 11.6 Å². The highest BCUT2D eigenvalue weighted by atomic mass is 35.5. The molecule has 17 heavy (non-hydrogen) atoms. The lowest BCUT2D eigenvalue weighted by Gasteiger charge is -2.04. The molecule has 0 atom stereocenters. The first-order valence-corrected chi connectivity index (χ1v) is 5.36. The average molecular weight is 252 g/mol. The molecule has 0 aromatic carbocycles. The Hall–Kier alpha value is -1.95. The van der Waals surface area contributed by atoms with Crippen LogP contribution in [0.25, 0.3) is 0 Å². The molecule has 0 spiro atoms. The van der Waals surface area contributed by atoms with Crippen molar-refractivity contribution in [3.63, 3.8) is 0 Å². The summed E-state index contributed by atoms with van der Waals surface area (Å²) in [6.45, 7) is 0.525. The minimum Gasteiger partial charge on any atom is -0.311 e. The Morgan fingerprint density at radius 1 is 1.47 bits per heavy atom. The summed E-state index contributed by atoms with van der Waals surface area (Å²) in [6, 6.07) is 3.30. The van der Waals surface area contributed by atoms with E-state index in [2.05, 4.69) is 20.4 Å². The molecule has 0 radical (unpaired) electrons. The molecule has 2 aromatic heterocycles. The lowest BCUT2D eigenvalue weighted by atomic mass is 10.4. The van der Waals surface area contributed by atoms with Crippen molar-refractivity contribution in [3.05, 3.63) is 36.0 Å². The summed E-state index contributed by atoms with van der Waals surface area (Å²) in [5.41, 5.74) is 0. The lowest BCUT2D eigenvalue weighted by molar-refractivity contribution is -0.116. The van der Waals surface area contributed by atoms with Gasteiger partial charge in [-0.2, -0.15) is 5.10 Å². The van der Waals surface area contributed by atoms with Crippen LogP contribution in [0.4, 0.5) is 5.82 Å². The molecule has 88 valence electrons.